The number of hydrogen-bond donors (Lipinski definition) is 1. The number of carbonyl (C=O) groups excluding carboxylic acids is 1. The van der Waals surface area contributed by atoms with Gasteiger partial charge in [-0.15, -0.1) is 0 Å². The molecule has 1 aliphatic heterocycles. The molecule has 1 heterocycles. The van der Waals surface area contributed by atoms with Gasteiger partial charge in [0.1, 0.15) is 6.29 Å². The highest BCUT2D eigenvalue weighted by molar-refractivity contribution is 7.92. The molecule has 1 rings (SSSR count). The predicted molar refractivity (Wildman–Crippen MR) is 41.1 cm³/mol. The summed E-state index contributed by atoms with van der Waals surface area (Å²) in [6.45, 7) is 0.929. The molecule has 1 aliphatic rings. The molecular weight excluding hydrogens is 166 g/mol. The summed E-state index contributed by atoms with van der Waals surface area (Å²) < 4.78 is 22.3. The Morgan fingerprint density at radius 3 is 2.82 bits per heavy atom. The molecule has 64 valence electrons. The summed E-state index contributed by atoms with van der Waals surface area (Å²) >= 11 is 0. The Bertz CT molecular complexity index is 234. The Morgan fingerprint density at radius 2 is 2.27 bits per heavy atom. The smallest absolute Gasteiger partial charge is 0.156 e. The van der Waals surface area contributed by atoms with Gasteiger partial charge in [0.2, 0.25) is 0 Å². The average molecular weight is 177 g/mol. The highest BCUT2D eigenvalue weighted by atomic mass is 32.2. The molecule has 0 saturated carbocycles. The fraction of sp³-hybridized carbons (Fsp3) is 0.833. The molecule has 11 heavy (non-hydrogen) atoms. The summed E-state index contributed by atoms with van der Waals surface area (Å²) in [5.41, 5.74) is 0. The van der Waals surface area contributed by atoms with Crippen LogP contribution < -0.4 is 5.32 Å². The first-order chi connectivity index (χ1) is 5.17. The number of sulfone groups is 1. The van der Waals surface area contributed by atoms with Crippen LogP contribution in [0.3, 0.4) is 0 Å². The normalized spacial score (nSPS) is 29.6. The molecule has 0 bridgehead atoms. The van der Waals surface area contributed by atoms with Crippen LogP contribution in [0.25, 0.3) is 0 Å². The minimum atomic E-state index is -2.98. The van der Waals surface area contributed by atoms with E-state index in [-0.39, 0.29) is 12.2 Å². The van der Waals surface area contributed by atoms with E-state index in [1.807, 2.05) is 0 Å². The van der Waals surface area contributed by atoms with Gasteiger partial charge in [0, 0.05) is 19.5 Å². The van der Waals surface area contributed by atoms with E-state index in [2.05, 4.69) is 5.32 Å². The number of carbonyl (C=O) groups is 1. The largest absolute Gasteiger partial charge is 0.314 e. The zero-order chi connectivity index (χ0) is 8.32. The molecule has 0 spiro atoms. The van der Waals surface area contributed by atoms with Crippen LogP contribution in [-0.4, -0.2) is 38.8 Å². The molecule has 0 aliphatic carbocycles. The van der Waals surface area contributed by atoms with Gasteiger partial charge < -0.3 is 10.1 Å². The fourth-order valence-electron chi connectivity index (χ4n) is 1.11. The van der Waals surface area contributed by atoms with Crippen LogP contribution in [0.5, 0.6) is 0 Å². The van der Waals surface area contributed by atoms with Crippen molar-refractivity contribution in [2.24, 2.45) is 0 Å². The molecule has 0 aromatic rings. The monoisotopic (exact) mass is 177 g/mol. The van der Waals surface area contributed by atoms with Gasteiger partial charge in [-0.1, -0.05) is 0 Å². The van der Waals surface area contributed by atoms with E-state index in [9.17, 15) is 13.2 Å². The van der Waals surface area contributed by atoms with E-state index < -0.39 is 15.1 Å². The van der Waals surface area contributed by atoms with E-state index in [4.69, 9.17) is 0 Å². The number of aldehydes is 1. The van der Waals surface area contributed by atoms with Crippen LogP contribution in [0.1, 0.15) is 6.42 Å². The van der Waals surface area contributed by atoms with Gasteiger partial charge in [0.15, 0.2) is 9.84 Å². The topological polar surface area (TPSA) is 63.2 Å². The summed E-state index contributed by atoms with van der Waals surface area (Å²) in [6.07, 6.45) is 0.782. The summed E-state index contributed by atoms with van der Waals surface area (Å²) in [4.78, 5) is 10.1. The van der Waals surface area contributed by atoms with Gasteiger partial charge in [-0.2, -0.15) is 0 Å². The molecule has 1 unspecified atom stereocenters. The molecule has 0 amide bonds. The average Bonchev–Trinajstić information content (AvgIpc) is 1.94. The zero-order valence-electron chi connectivity index (χ0n) is 6.12. The van der Waals surface area contributed by atoms with Crippen molar-refractivity contribution in [3.05, 3.63) is 0 Å². The lowest BCUT2D eigenvalue weighted by atomic mass is 10.3. The van der Waals surface area contributed by atoms with Crippen molar-refractivity contribution >= 4 is 16.1 Å². The summed E-state index contributed by atoms with van der Waals surface area (Å²) in [7, 11) is -2.98. The Morgan fingerprint density at radius 1 is 1.55 bits per heavy atom. The molecule has 1 N–H and O–H groups in total. The Kier molecular flexibility index (Phi) is 2.62. The van der Waals surface area contributed by atoms with E-state index in [0.29, 0.717) is 19.4 Å². The van der Waals surface area contributed by atoms with Crippen molar-refractivity contribution in [2.75, 3.05) is 18.8 Å². The maximum atomic E-state index is 11.2. The maximum absolute atomic E-state index is 11.2. The van der Waals surface area contributed by atoms with Gasteiger partial charge in [0.25, 0.3) is 0 Å². The molecule has 0 radical (unpaired) electrons. The minimum Gasteiger partial charge on any atom is -0.314 e. The van der Waals surface area contributed by atoms with Crippen LogP contribution in [-0.2, 0) is 14.6 Å². The van der Waals surface area contributed by atoms with Crippen LogP contribution >= 0.6 is 0 Å². The van der Waals surface area contributed by atoms with Crippen molar-refractivity contribution < 1.29 is 13.2 Å². The van der Waals surface area contributed by atoms with Crippen molar-refractivity contribution in [2.45, 2.75) is 11.7 Å². The molecule has 1 atom stereocenters. The quantitative estimate of drug-likeness (QED) is 0.547. The molecule has 0 aromatic carbocycles. The Hall–Kier alpha value is -0.420. The Labute approximate surface area is 65.9 Å². The van der Waals surface area contributed by atoms with E-state index in [1.54, 1.807) is 0 Å². The lowest BCUT2D eigenvalue weighted by molar-refractivity contribution is -0.107. The molecule has 1 saturated heterocycles. The summed E-state index contributed by atoms with van der Waals surface area (Å²) in [5.74, 6) is 0.158. The van der Waals surface area contributed by atoms with E-state index in [1.165, 1.54) is 0 Å². The van der Waals surface area contributed by atoms with Crippen LogP contribution in [0.2, 0.25) is 0 Å². The first-order valence-electron chi connectivity index (χ1n) is 3.53. The van der Waals surface area contributed by atoms with E-state index in [0.717, 1.165) is 0 Å². The van der Waals surface area contributed by atoms with Gasteiger partial charge in [0.05, 0.1) is 11.0 Å². The maximum Gasteiger partial charge on any atom is 0.156 e. The first kappa shape index (κ1) is 8.67. The second-order valence-corrected chi connectivity index (χ2v) is 5.00. The van der Waals surface area contributed by atoms with Crippen molar-refractivity contribution in [3.63, 3.8) is 0 Å². The van der Waals surface area contributed by atoms with Crippen LogP contribution in [0, 0.1) is 0 Å². The second-order valence-electron chi connectivity index (χ2n) is 2.60. The standard InChI is InChI=1S/C6H11NO3S/c8-3-1-6-5-7-2-4-11(6,9)10/h3,6-7H,1-2,4-5H2. The third-order valence-corrected chi connectivity index (χ3v) is 3.95. The number of hydrogen-bond acceptors (Lipinski definition) is 4. The Balaban J connectivity index is 2.67. The molecular formula is C6H11NO3S. The highest BCUT2D eigenvalue weighted by Gasteiger charge is 2.27. The molecule has 0 aromatic heterocycles. The molecule has 5 heteroatoms. The van der Waals surface area contributed by atoms with Crippen LogP contribution in [0.4, 0.5) is 0 Å². The van der Waals surface area contributed by atoms with Gasteiger partial charge in [-0.05, 0) is 0 Å². The van der Waals surface area contributed by atoms with Crippen molar-refractivity contribution in [3.8, 4) is 0 Å². The fourth-order valence-corrected chi connectivity index (χ4v) is 2.61. The van der Waals surface area contributed by atoms with Gasteiger partial charge >= 0.3 is 0 Å². The first-order valence-corrected chi connectivity index (χ1v) is 5.24. The van der Waals surface area contributed by atoms with Crippen molar-refractivity contribution in [1.82, 2.24) is 5.32 Å². The summed E-state index contributed by atoms with van der Waals surface area (Å²) in [5, 5.41) is 2.45. The zero-order valence-corrected chi connectivity index (χ0v) is 6.93. The summed E-state index contributed by atoms with van der Waals surface area (Å²) in [6, 6.07) is 0. The van der Waals surface area contributed by atoms with Crippen LogP contribution in [0.15, 0.2) is 0 Å². The minimum absolute atomic E-state index is 0.120. The second kappa shape index (κ2) is 3.32. The molecule has 4 nitrogen and oxygen atoms in total. The lowest BCUT2D eigenvalue weighted by Crippen LogP contribution is -2.44. The number of nitrogens with one attached hydrogen (secondary N) is 1. The highest BCUT2D eigenvalue weighted by Crippen LogP contribution is 2.08. The van der Waals surface area contributed by atoms with Gasteiger partial charge in [-0.3, -0.25) is 0 Å². The predicted octanol–water partition coefficient (Wildman–Crippen LogP) is -1.04. The van der Waals surface area contributed by atoms with Crippen molar-refractivity contribution in [1.29, 1.82) is 0 Å². The number of rotatable bonds is 2. The third-order valence-electron chi connectivity index (χ3n) is 1.80. The third kappa shape index (κ3) is 2.00. The molecule has 1 fully saturated rings. The SMILES string of the molecule is O=CCC1CNCCS1(=O)=O. The lowest BCUT2D eigenvalue weighted by Gasteiger charge is -2.20. The van der Waals surface area contributed by atoms with E-state index >= 15 is 0 Å². The van der Waals surface area contributed by atoms with Gasteiger partial charge in [-0.25, -0.2) is 8.42 Å².